The Kier molecular flexibility index (Phi) is 21.9. The minimum atomic E-state index is -1.44. The largest absolute Gasteiger partial charge is 0.283 e. The molecule has 0 amide bonds. The van der Waals surface area contributed by atoms with E-state index in [1.54, 1.807) is 0 Å². The molecule has 214 valence electrons. The van der Waals surface area contributed by atoms with Gasteiger partial charge in [0, 0.05) is 33.8 Å². The second kappa shape index (κ2) is 20.4. The molecule has 0 fully saturated rings. The third kappa shape index (κ3) is 12.3. The van der Waals surface area contributed by atoms with Gasteiger partial charge in [0.2, 0.25) is 0 Å². The predicted molar refractivity (Wildman–Crippen MR) is 182 cm³/mol. The Bertz CT molecular complexity index is 709. The van der Waals surface area contributed by atoms with Crippen LogP contribution < -0.4 is 0 Å². The number of hydrogen-bond donors (Lipinski definition) is 0. The van der Waals surface area contributed by atoms with Gasteiger partial charge in [-0.05, 0) is 12.5 Å². The van der Waals surface area contributed by atoms with Gasteiger partial charge in [-0.25, -0.2) is 0 Å². The van der Waals surface area contributed by atoms with Gasteiger partial charge in [-0.1, -0.05) is 179 Å². The maximum Gasteiger partial charge on any atom is 0.0873 e. The van der Waals surface area contributed by atoms with Crippen molar-refractivity contribution in [3.63, 3.8) is 0 Å². The SMILES string of the molecule is C=CC=CCCCC.CCCC[Si](C)(C)P(=NC1=CC=CC1)([Si](C)(C)CCCC)[Si](C)(C)CCCC.[Ti]. The molecule has 0 aromatic carbocycles. The molecule has 0 aliphatic heterocycles. The summed E-state index contributed by atoms with van der Waals surface area (Å²) < 4.78 is 6.08. The van der Waals surface area contributed by atoms with E-state index in [9.17, 15) is 0 Å². The molecule has 1 aliphatic rings. The van der Waals surface area contributed by atoms with Gasteiger partial charge in [0.15, 0.2) is 0 Å². The minimum Gasteiger partial charge on any atom is -0.283 e. The van der Waals surface area contributed by atoms with Crippen LogP contribution in [0.4, 0.5) is 0 Å². The van der Waals surface area contributed by atoms with E-state index < -0.39 is 28.9 Å². The van der Waals surface area contributed by atoms with Gasteiger partial charge < -0.3 is 0 Å². The summed E-state index contributed by atoms with van der Waals surface area (Å²) in [6.45, 7) is 29.6. The minimum absolute atomic E-state index is 0. The second-order valence-electron chi connectivity index (χ2n) is 12.6. The maximum atomic E-state index is 6.08. The topological polar surface area (TPSA) is 12.4 Å². The molecule has 0 bridgehead atoms. The van der Waals surface area contributed by atoms with Gasteiger partial charge in [0.25, 0.3) is 0 Å². The Morgan fingerprint density at radius 2 is 1.22 bits per heavy atom. The van der Waals surface area contributed by atoms with Crippen LogP contribution in [-0.2, 0) is 21.7 Å². The molecule has 0 saturated heterocycles. The van der Waals surface area contributed by atoms with Crippen LogP contribution in [0.2, 0.25) is 57.4 Å². The zero-order valence-electron chi connectivity index (χ0n) is 26.8. The number of rotatable bonds is 17. The molecule has 0 atom stereocenters. The van der Waals surface area contributed by atoms with Crippen molar-refractivity contribution in [3.05, 3.63) is 48.7 Å². The molecule has 1 nitrogen and oxygen atoms in total. The van der Waals surface area contributed by atoms with E-state index in [2.05, 4.69) is 97.9 Å². The van der Waals surface area contributed by atoms with E-state index in [0.717, 1.165) is 6.42 Å². The Morgan fingerprint density at radius 3 is 1.54 bits per heavy atom. The zero-order valence-corrected chi connectivity index (χ0v) is 32.2. The summed E-state index contributed by atoms with van der Waals surface area (Å²) in [5.74, 6) is 0. The van der Waals surface area contributed by atoms with Gasteiger partial charge in [-0.3, -0.25) is 4.74 Å². The molecule has 0 saturated carbocycles. The van der Waals surface area contributed by atoms with E-state index in [4.69, 9.17) is 4.74 Å². The van der Waals surface area contributed by atoms with Gasteiger partial charge >= 0.3 is 0 Å². The van der Waals surface area contributed by atoms with Crippen molar-refractivity contribution >= 4 is 28.9 Å². The molecule has 0 aromatic heterocycles. The van der Waals surface area contributed by atoms with Crippen LogP contribution in [0.3, 0.4) is 0 Å². The summed E-state index contributed by atoms with van der Waals surface area (Å²) in [4.78, 5) is 0. The summed E-state index contributed by atoms with van der Waals surface area (Å²) in [5, 5.41) is 0. The van der Waals surface area contributed by atoms with E-state index in [0.29, 0.717) is 0 Å². The molecule has 37 heavy (non-hydrogen) atoms. The van der Waals surface area contributed by atoms with Crippen molar-refractivity contribution in [3.8, 4) is 0 Å². The van der Waals surface area contributed by atoms with Crippen molar-refractivity contribution in [1.82, 2.24) is 0 Å². The molecule has 0 radical (unpaired) electrons. The summed E-state index contributed by atoms with van der Waals surface area (Å²) in [6.07, 6.45) is 26.1. The second-order valence-corrected chi connectivity index (χ2v) is 47.2. The Morgan fingerprint density at radius 1 is 0.784 bits per heavy atom. The van der Waals surface area contributed by atoms with Crippen molar-refractivity contribution < 1.29 is 21.7 Å². The average molecular weight is 614 g/mol. The molecule has 6 heteroatoms. The van der Waals surface area contributed by atoms with Crippen LogP contribution in [0.25, 0.3) is 0 Å². The Labute approximate surface area is 252 Å². The van der Waals surface area contributed by atoms with Crippen LogP contribution in [0.5, 0.6) is 0 Å². The van der Waals surface area contributed by atoms with Gasteiger partial charge in [-0.2, -0.15) is 0 Å². The first kappa shape index (κ1) is 39.7. The van der Waals surface area contributed by atoms with Crippen molar-refractivity contribution in [2.24, 2.45) is 4.74 Å². The summed E-state index contributed by atoms with van der Waals surface area (Å²) in [6, 6.07) is 4.52. The Hall–Kier alpha value is 0.555. The van der Waals surface area contributed by atoms with E-state index in [-0.39, 0.29) is 21.7 Å². The van der Waals surface area contributed by atoms with Crippen LogP contribution in [-0.4, -0.2) is 23.2 Å². The summed E-state index contributed by atoms with van der Waals surface area (Å²) >= 11 is 0. The number of hydrogen-bond acceptors (Lipinski definition) is 1. The molecule has 0 spiro atoms. The van der Waals surface area contributed by atoms with E-state index in [1.807, 2.05) is 12.2 Å². The zero-order chi connectivity index (χ0) is 27.7. The standard InChI is InChI=1S/C23H50NPSi3.C8H14.Ti/c1-10-13-20-26(4,5)25(24-23-18-16-17-19-23,27(6,7)21-14-11-2)28(8,9)22-15-12-3;1-3-5-7-8-6-4-2;/h16-18H,10-15,19-22H2,1-9H3;3,5,7H,1,4,6,8H2,2H3;. The monoisotopic (exact) mass is 613 g/mol. The van der Waals surface area contributed by atoms with E-state index in [1.165, 1.54) is 81.6 Å². The maximum absolute atomic E-state index is 6.08. The smallest absolute Gasteiger partial charge is 0.0873 e. The van der Waals surface area contributed by atoms with E-state index >= 15 is 0 Å². The van der Waals surface area contributed by atoms with Crippen molar-refractivity contribution in [1.29, 1.82) is 0 Å². The van der Waals surface area contributed by atoms with Gasteiger partial charge in [-0.15, -0.1) is 0 Å². The molecular weight excluding hydrogens is 549 g/mol. The molecule has 0 heterocycles. The van der Waals surface area contributed by atoms with Gasteiger partial charge in [0.1, 0.15) is 0 Å². The first-order valence-corrected chi connectivity index (χ1v) is 29.1. The fourth-order valence-electron chi connectivity index (χ4n) is 6.39. The molecule has 1 aliphatic carbocycles. The molecule has 0 unspecified atom stereocenters. The number of nitrogens with zero attached hydrogens (tertiary/aromatic N) is 1. The summed E-state index contributed by atoms with van der Waals surface area (Å²) in [5.41, 5.74) is 0.134. The van der Waals surface area contributed by atoms with Crippen LogP contribution in [0.15, 0.2) is 53.5 Å². The first-order valence-electron chi connectivity index (χ1n) is 15.2. The third-order valence-electron chi connectivity index (χ3n) is 8.08. The quantitative estimate of drug-likeness (QED) is 0.0670. The van der Waals surface area contributed by atoms with Crippen molar-refractivity contribution in [2.45, 2.75) is 149 Å². The van der Waals surface area contributed by atoms with Gasteiger partial charge in [0.05, 0.1) is 23.2 Å². The Balaban J connectivity index is 0. The molecule has 0 aromatic rings. The first-order chi connectivity index (χ1) is 16.9. The normalized spacial score (nSPS) is 14.2. The van der Waals surface area contributed by atoms with Crippen LogP contribution in [0.1, 0.15) is 91.9 Å². The van der Waals surface area contributed by atoms with Crippen molar-refractivity contribution in [2.75, 3.05) is 0 Å². The molecule has 0 N–H and O–H groups in total. The fourth-order valence-corrected chi connectivity index (χ4v) is 90.2. The fraction of sp³-hybridized carbons (Fsp3) is 0.742. The number of allylic oxidation sites excluding steroid dienone is 6. The summed E-state index contributed by atoms with van der Waals surface area (Å²) in [7, 11) is -4.33. The molecule has 1 rings (SSSR count). The molecular formula is C31H64NPSi3Ti. The number of unbranched alkanes of at least 4 members (excludes halogenated alkanes) is 5. The van der Waals surface area contributed by atoms with Crippen LogP contribution >= 0.6 is 5.70 Å². The van der Waals surface area contributed by atoms with Crippen LogP contribution in [0, 0.1) is 0 Å². The predicted octanol–water partition coefficient (Wildman–Crippen LogP) is 13.0. The average Bonchev–Trinajstić information content (AvgIpc) is 3.34. The third-order valence-corrected chi connectivity index (χ3v) is 70.0.